The molecule has 10 heavy (non-hydrogen) atoms. The van der Waals surface area contributed by atoms with Gasteiger partial charge in [0.2, 0.25) is 0 Å². The molecule has 1 aliphatic heterocycles. The molecule has 0 radical (unpaired) electrons. The van der Waals surface area contributed by atoms with E-state index in [4.69, 9.17) is 0 Å². The molecule has 0 spiro atoms. The highest BCUT2D eigenvalue weighted by Gasteiger charge is 2.27. The van der Waals surface area contributed by atoms with Crippen LogP contribution in [-0.4, -0.2) is 23.9 Å². The molecule has 52 valence electrons. The molecule has 1 heterocycles. The lowest BCUT2D eigenvalue weighted by Crippen LogP contribution is -2.12. The van der Waals surface area contributed by atoms with Gasteiger partial charge in [-0.15, -0.1) is 0 Å². The molecule has 1 aliphatic carbocycles. The Morgan fingerprint density at radius 3 is 3.20 bits per heavy atom. The Morgan fingerprint density at radius 2 is 2.40 bits per heavy atom. The maximum Gasteiger partial charge on any atom is 0.182 e. The van der Waals surface area contributed by atoms with Crippen molar-refractivity contribution in [2.45, 2.75) is 6.42 Å². The second-order valence-corrected chi connectivity index (χ2v) is 2.99. The van der Waals surface area contributed by atoms with Crippen molar-refractivity contribution in [1.29, 1.82) is 0 Å². The fourth-order valence-corrected chi connectivity index (χ4v) is 1.69. The molecule has 0 aromatic rings. The summed E-state index contributed by atoms with van der Waals surface area (Å²) in [5.74, 6) is 0.718. The predicted molar refractivity (Wildman–Crippen MR) is 42.4 cm³/mol. The third-order valence-electron chi connectivity index (χ3n) is 2.32. The molecule has 0 saturated heterocycles. The van der Waals surface area contributed by atoms with Gasteiger partial charge in [0.05, 0.1) is 5.92 Å². The number of fused-ring (bicyclic) bond motifs is 1. The molecular weight excluding hydrogens is 122 g/mol. The van der Waals surface area contributed by atoms with E-state index in [9.17, 15) is 0 Å². The molecule has 0 unspecified atom stereocenters. The summed E-state index contributed by atoms with van der Waals surface area (Å²) >= 11 is 0. The number of allylic oxidation sites excluding steroid dienone is 4. The van der Waals surface area contributed by atoms with Gasteiger partial charge < -0.3 is 0 Å². The van der Waals surface area contributed by atoms with Gasteiger partial charge in [-0.2, -0.15) is 0 Å². The van der Waals surface area contributed by atoms with Crippen molar-refractivity contribution >= 4 is 5.71 Å². The average Bonchev–Trinajstić information content (AvgIpc) is 2.34. The minimum atomic E-state index is 0.718. The summed E-state index contributed by atoms with van der Waals surface area (Å²) in [5.41, 5.74) is 1.49. The van der Waals surface area contributed by atoms with Crippen LogP contribution < -0.4 is 0 Å². The Balaban J connectivity index is 2.39. The summed E-state index contributed by atoms with van der Waals surface area (Å²) in [5, 5.41) is 0. The Bertz CT molecular complexity index is 233. The summed E-state index contributed by atoms with van der Waals surface area (Å²) in [6.45, 7) is 1.22. The van der Waals surface area contributed by atoms with Gasteiger partial charge in [-0.3, -0.25) is 0 Å². The van der Waals surface area contributed by atoms with E-state index in [1.165, 1.54) is 18.7 Å². The van der Waals surface area contributed by atoms with E-state index < -0.39 is 0 Å². The van der Waals surface area contributed by atoms with Gasteiger partial charge in [-0.05, 0) is 0 Å². The molecule has 2 rings (SSSR count). The van der Waals surface area contributed by atoms with Crippen LogP contribution in [0.4, 0.5) is 0 Å². The van der Waals surface area contributed by atoms with Crippen LogP contribution in [0.2, 0.25) is 0 Å². The van der Waals surface area contributed by atoms with E-state index in [-0.39, 0.29) is 0 Å². The molecule has 1 atom stereocenters. The lowest BCUT2D eigenvalue weighted by Gasteiger charge is -2.01. The first-order chi connectivity index (χ1) is 4.88. The SMILES string of the molecule is C[N+]1=C2C=CC=C[C@H]2CC1. The standard InChI is InChI=1S/C9H12N/c1-10-7-6-8-4-2-3-5-9(8)10/h2-5,8H,6-7H2,1H3/q+1/t8-/m0/s1. The first kappa shape index (κ1) is 5.90. The van der Waals surface area contributed by atoms with Crippen molar-refractivity contribution in [2.24, 2.45) is 5.92 Å². The molecule has 0 aromatic carbocycles. The van der Waals surface area contributed by atoms with E-state index in [0.717, 1.165) is 5.92 Å². The zero-order valence-electron chi connectivity index (χ0n) is 6.25. The highest BCUT2D eigenvalue weighted by atomic mass is 15.0. The molecule has 1 heteroatoms. The van der Waals surface area contributed by atoms with E-state index in [2.05, 4.69) is 35.9 Å². The fourth-order valence-electron chi connectivity index (χ4n) is 1.69. The maximum atomic E-state index is 2.34. The van der Waals surface area contributed by atoms with E-state index in [0.29, 0.717) is 0 Å². The van der Waals surface area contributed by atoms with Crippen molar-refractivity contribution in [1.82, 2.24) is 0 Å². The van der Waals surface area contributed by atoms with Crippen LogP contribution in [-0.2, 0) is 0 Å². The molecule has 1 nitrogen and oxygen atoms in total. The first-order valence-corrected chi connectivity index (χ1v) is 3.81. The van der Waals surface area contributed by atoms with Gasteiger partial charge in [-0.25, -0.2) is 4.58 Å². The van der Waals surface area contributed by atoms with E-state index >= 15 is 0 Å². The summed E-state index contributed by atoms with van der Waals surface area (Å²) in [6, 6.07) is 0. The van der Waals surface area contributed by atoms with Gasteiger partial charge in [0, 0.05) is 12.5 Å². The number of nitrogens with zero attached hydrogens (tertiary/aromatic N) is 1. The molecular formula is C9H12N+. The van der Waals surface area contributed by atoms with Crippen LogP contribution in [0.15, 0.2) is 24.3 Å². The number of hydrogen-bond acceptors (Lipinski definition) is 0. The maximum absolute atomic E-state index is 2.34. The Morgan fingerprint density at radius 1 is 1.50 bits per heavy atom. The van der Waals surface area contributed by atoms with Gasteiger partial charge >= 0.3 is 0 Å². The smallest absolute Gasteiger partial charge is 0.182 e. The van der Waals surface area contributed by atoms with Crippen LogP contribution in [0.1, 0.15) is 6.42 Å². The average molecular weight is 134 g/mol. The van der Waals surface area contributed by atoms with Crippen molar-refractivity contribution in [3.63, 3.8) is 0 Å². The van der Waals surface area contributed by atoms with Crippen molar-refractivity contribution in [2.75, 3.05) is 13.6 Å². The molecule has 2 aliphatic rings. The molecule has 0 bridgehead atoms. The second kappa shape index (κ2) is 2.08. The third kappa shape index (κ3) is 0.737. The van der Waals surface area contributed by atoms with E-state index in [1.807, 2.05) is 0 Å². The number of hydrogen-bond donors (Lipinski definition) is 0. The third-order valence-corrected chi connectivity index (χ3v) is 2.32. The van der Waals surface area contributed by atoms with Crippen LogP contribution in [0.5, 0.6) is 0 Å². The lowest BCUT2D eigenvalue weighted by molar-refractivity contribution is -0.487. The highest BCUT2D eigenvalue weighted by molar-refractivity contribution is 5.96. The largest absolute Gasteiger partial charge is 0.236 e. The minimum Gasteiger partial charge on any atom is -0.236 e. The first-order valence-electron chi connectivity index (χ1n) is 3.81. The monoisotopic (exact) mass is 134 g/mol. The van der Waals surface area contributed by atoms with Crippen molar-refractivity contribution in [3.05, 3.63) is 24.3 Å². The van der Waals surface area contributed by atoms with E-state index in [1.54, 1.807) is 0 Å². The number of rotatable bonds is 0. The Labute approximate surface area is 61.4 Å². The summed E-state index contributed by atoms with van der Waals surface area (Å²) in [6.07, 6.45) is 10.1. The van der Waals surface area contributed by atoms with Gasteiger partial charge in [0.15, 0.2) is 5.71 Å². The normalized spacial score (nSPS) is 29.5. The summed E-state index contributed by atoms with van der Waals surface area (Å²) in [4.78, 5) is 0. The van der Waals surface area contributed by atoms with Crippen molar-refractivity contribution < 1.29 is 4.58 Å². The molecule has 0 N–H and O–H groups in total. The van der Waals surface area contributed by atoms with Crippen molar-refractivity contribution in [3.8, 4) is 0 Å². The summed E-state index contributed by atoms with van der Waals surface area (Å²) < 4.78 is 2.34. The zero-order valence-corrected chi connectivity index (χ0v) is 6.25. The molecule has 0 amide bonds. The summed E-state index contributed by atoms with van der Waals surface area (Å²) in [7, 11) is 2.17. The predicted octanol–water partition coefficient (Wildman–Crippen LogP) is 1.22. The lowest BCUT2D eigenvalue weighted by atomic mass is 9.98. The molecule has 0 saturated carbocycles. The van der Waals surface area contributed by atoms with Crippen LogP contribution >= 0.6 is 0 Å². The molecule has 0 fully saturated rings. The molecule has 0 aromatic heterocycles. The quantitative estimate of drug-likeness (QED) is 0.438. The van der Waals surface area contributed by atoms with Crippen LogP contribution in [0.25, 0.3) is 0 Å². The second-order valence-electron chi connectivity index (χ2n) is 2.99. The highest BCUT2D eigenvalue weighted by Crippen LogP contribution is 2.18. The van der Waals surface area contributed by atoms with Gasteiger partial charge in [-0.1, -0.05) is 18.2 Å². The van der Waals surface area contributed by atoms with Gasteiger partial charge in [0.25, 0.3) is 0 Å². The topological polar surface area (TPSA) is 3.01 Å². The Kier molecular flexibility index (Phi) is 1.23. The minimum absolute atomic E-state index is 0.718. The Hall–Kier alpha value is -0.850. The van der Waals surface area contributed by atoms with Crippen LogP contribution in [0.3, 0.4) is 0 Å². The van der Waals surface area contributed by atoms with Gasteiger partial charge in [0.1, 0.15) is 13.6 Å². The zero-order chi connectivity index (χ0) is 6.97. The van der Waals surface area contributed by atoms with Crippen LogP contribution in [0, 0.1) is 5.92 Å². The fraction of sp³-hybridized carbons (Fsp3) is 0.444.